The van der Waals surface area contributed by atoms with Crippen molar-refractivity contribution in [1.82, 2.24) is 0 Å². The maximum Gasteiger partial charge on any atom is 0.0992 e. The third kappa shape index (κ3) is 2.47. The topological polar surface area (TPSA) is 61.8 Å². The van der Waals surface area contributed by atoms with Gasteiger partial charge in [-0.1, -0.05) is 12.1 Å². The van der Waals surface area contributed by atoms with Gasteiger partial charge in [0, 0.05) is 4.47 Å². The number of aryl methyl sites for hydroxylation is 1. The van der Waals surface area contributed by atoms with E-state index in [1.807, 2.05) is 25.1 Å². The molecule has 0 amide bonds. The number of nitrogens with zero attached hydrogens (tertiary/aromatic N) is 1. The quantitative estimate of drug-likeness (QED) is 0.826. The van der Waals surface area contributed by atoms with Crippen LogP contribution in [0.1, 0.15) is 11.1 Å². The number of hydrogen-bond acceptors (Lipinski definition) is 3. The maximum atomic E-state index is 8.89. The Morgan fingerprint density at radius 2 is 2.00 bits per heavy atom. The Labute approximate surface area is 114 Å². The van der Waals surface area contributed by atoms with Crippen molar-refractivity contribution >= 4 is 33.0 Å². The van der Waals surface area contributed by atoms with Crippen LogP contribution in [0.15, 0.2) is 40.9 Å². The molecular weight excluding hydrogens is 290 g/mol. The van der Waals surface area contributed by atoms with E-state index in [0.29, 0.717) is 11.3 Å². The van der Waals surface area contributed by atoms with Crippen LogP contribution in [0, 0.1) is 18.3 Å². The highest BCUT2D eigenvalue weighted by molar-refractivity contribution is 9.10. The van der Waals surface area contributed by atoms with Crippen LogP contribution in [0.3, 0.4) is 0 Å². The van der Waals surface area contributed by atoms with Crippen LogP contribution in [0.2, 0.25) is 0 Å². The summed E-state index contributed by atoms with van der Waals surface area (Å²) in [5.41, 5.74) is 9.88. The second-order valence-electron chi connectivity index (χ2n) is 3.98. The van der Waals surface area contributed by atoms with Gasteiger partial charge in [0.15, 0.2) is 0 Å². The molecule has 0 spiro atoms. The van der Waals surface area contributed by atoms with Gasteiger partial charge in [-0.15, -0.1) is 0 Å². The largest absolute Gasteiger partial charge is 0.397 e. The van der Waals surface area contributed by atoms with Gasteiger partial charge in [0.05, 0.1) is 28.7 Å². The molecule has 3 nitrogen and oxygen atoms in total. The van der Waals surface area contributed by atoms with Gasteiger partial charge >= 0.3 is 0 Å². The average Bonchev–Trinajstić information content (AvgIpc) is 2.37. The molecule has 0 radical (unpaired) electrons. The minimum absolute atomic E-state index is 0.579. The van der Waals surface area contributed by atoms with Crippen molar-refractivity contribution in [2.24, 2.45) is 0 Å². The SMILES string of the molecule is Cc1cccc(Nc2cc(C#N)ccc2N)c1Br. The number of nitrogens with two attached hydrogens (primary N) is 1. The number of hydrogen-bond donors (Lipinski definition) is 2. The lowest BCUT2D eigenvalue weighted by atomic mass is 10.1. The minimum Gasteiger partial charge on any atom is -0.397 e. The molecule has 18 heavy (non-hydrogen) atoms. The molecule has 0 unspecified atom stereocenters. The predicted molar refractivity (Wildman–Crippen MR) is 77.7 cm³/mol. The first kappa shape index (κ1) is 12.5. The number of rotatable bonds is 2. The van der Waals surface area contributed by atoms with Crippen molar-refractivity contribution < 1.29 is 0 Å². The summed E-state index contributed by atoms with van der Waals surface area (Å²) in [6.45, 7) is 2.02. The second kappa shape index (κ2) is 5.11. The first-order chi connectivity index (χ1) is 8.61. The molecule has 4 heteroatoms. The summed E-state index contributed by atoms with van der Waals surface area (Å²) in [5, 5.41) is 12.1. The summed E-state index contributed by atoms with van der Waals surface area (Å²) < 4.78 is 0.992. The van der Waals surface area contributed by atoms with E-state index in [1.54, 1.807) is 18.2 Å². The number of nitriles is 1. The Morgan fingerprint density at radius 1 is 1.22 bits per heavy atom. The molecule has 0 aromatic heterocycles. The minimum atomic E-state index is 0.579. The van der Waals surface area contributed by atoms with E-state index in [4.69, 9.17) is 11.0 Å². The molecule has 0 fully saturated rings. The smallest absolute Gasteiger partial charge is 0.0992 e. The molecule has 0 aliphatic carbocycles. The Hall–Kier alpha value is -1.99. The van der Waals surface area contributed by atoms with Gasteiger partial charge in [0.1, 0.15) is 0 Å². The van der Waals surface area contributed by atoms with Gasteiger partial charge in [-0.05, 0) is 52.7 Å². The highest BCUT2D eigenvalue weighted by Crippen LogP contribution is 2.31. The maximum absolute atomic E-state index is 8.89. The van der Waals surface area contributed by atoms with Gasteiger partial charge in [-0.3, -0.25) is 0 Å². The molecule has 0 aliphatic rings. The van der Waals surface area contributed by atoms with Crippen LogP contribution < -0.4 is 11.1 Å². The molecule has 0 atom stereocenters. The fraction of sp³-hybridized carbons (Fsp3) is 0.0714. The number of halogens is 1. The van der Waals surface area contributed by atoms with Gasteiger partial charge in [-0.25, -0.2) is 0 Å². The van der Waals surface area contributed by atoms with Crippen LogP contribution >= 0.6 is 15.9 Å². The molecule has 2 aromatic carbocycles. The molecule has 0 saturated carbocycles. The molecule has 0 heterocycles. The van der Waals surface area contributed by atoms with Crippen molar-refractivity contribution in [2.75, 3.05) is 11.1 Å². The number of anilines is 3. The Balaban J connectivity index is 2.40. The summed E-state index contributed by atoms with van der Waals surface area (Å²) >= 11 is 3.53. The zero-order chi connectivity index (χ0) is 13.1. The Kier molecular flexibility index (Phi) is 3.54. The number of nitrogen functional groups attached to an aromatic ring is 1. The third-order valence-electron chi connectivity index (χ3n) is 2.64. The standard InChI is InChI=1S/C14H12BrN3/c1-9-3-2-4-12(14(9)15)18-13-7-10(8-16)5-6-11(13)17/h2-7,18H,17H2,1H3. The Morgan fingerprint density at radius 3 is 2.72 bits per heavy atom. The molecule has 0 bridgehead atoms. The highest BCUT2D eigenvalue weighted by Gasteiger charge is 2.05. The van der Waals surface area contributed by atoms with E-state index < -0.39 is 0 Å². The average molecular weight is 302 g/mol. The zero-order valence-electron chi connectivity index (χ0n) is 9.87. The molecular formula is C14H12BrN3. The zero-order valence-corrected chi connectivity index (χ0v) is 11.5. The lowest BCUT2D eigenvalue weighted by Gasteiger charge is -2.12. The van der Waals surface area contributed by atoms with Crippen molar-refractivity contribution in [3.8, 4) is 6.07 Å². The Bertz CT molecular complexity index is 629. The normalized spacial score (nSPS) is 9.83. The monoisotopic (exact) mass is 301 g/mol. The lowest BCUT2D eigenvalue weighted by Crippen LogP contribution is -1.98. The van der Waals surface area contributed by atoms with Crippen molar-refractivity contribution in [1.29, 1.82) is 5.26 Å². The van der Waals surface area contributed by atoms with Crippen molar-refractivity contribution in [3.05, 3.63) is 52.0 Å². The molecule has 3 N–H and O–H groups in total. The van der Waals surface area contributed by atoms with E-state index >= 15 is 0 Å². The first-order valence-corrected chi connectivity index (χ1v) is 6.23. The van der Waals surface area contributed by atoms with E-state index in [-0.39, 0.29) is 0 Å². The molecule has 2 aromatic rings. The highest BCUT2D eigenvalue weighted by atomic mass is 79.9. The molecule has 0 aliphatic heterocycles. The van der Waals surface area contributed by atoms with E-state index in [9.17, 15) is 0 Å². The summed E-state index contributed by atoms with van der Waals surface area (Å²) in [6.07, 6.45) is 0. The third-order valence-corrected chi connectivity index (χ3v) is 3.70. The second-order valence-corrected chi connectivity index (χ2v) is 4.77. The van der Waals surface area contributed by atoms with Crippen molar-refractivity contribution in [2.45, 2.75) is 6.92 Å². The van der Waals surface area contributed by atoms with Gasteiger partial charge in [0.2, 0.25) is 0 Å². The summed E-state index contributed by atoms with van der Waals surface area (Å²) in [6, 6.07) is 13.2. The van der Waals surface area contributed by atoms with Crippen LogP contribution in [-0.2, 0) is 0 Å². The van der Waals surface area contributed by atoms with Crippen LogP contribution in [0.4, 0.5) is 17.1 Å². The first-order valence-electron chi connectivity index (χ1n) is 5.43. The molecule has 90 valence electrons. The summed E-state index contributed by atoms with van der Waals surface area (Å²) in [7, 11) is 0. The lowest BCUT2D eigenvalue weighted by molar-refractivity contribution is 1.41. The summed E-state index contributed by atoms with van der Waals surface area (Å²) in [4.78, 5) is 0. The van der Waals surface area contributed by atoms with E-state index in [2.05, 4.69) is 27.3 Å². The molecule has 2 rings (SSSR count). The fourth-order valence-corrected chi connectivity index (χ4v) is 1.99. The number of benzene rings is 2. The van der Waals surface area contributed by atoms with Gasteiger partial charge < -0.3 is 11.1 Å². The van der Waals surface area contributed by atoms with Crippen LogP contribution in [0.5, 0.6) is 0 Å². The van der Waals surface area contributed by atoms with Crippen LogP contribution in [0.25, 0.3) is 0 Å². The number of nitrogens with one attached hydrogen (secondary N) is 1. The van der Waals surface area contributed by atoms with Crippen molar-refractivity contribution in [3.63, 3.8) is 0 Å². The van der Waals surface area contributed by atoms with Gasteiger partial charge in [0.25, 0.3) is 0 Å². The predicted octanol–water partition coefficient (Wildman–Crippen LogP) is 3.96. The van der Waals surface area contributed by atoms with Crippen LogP contribution in [-0.4, -0.2) is 0 Å². The summed E-state index contributed by atoms with van der Waals surface area (Å²) in [5.74, 6) is 0. The van der Waals surface area contributed by atoms with Gasteiger partial charge in [-0.2, -0.15) is 5.26 Å². The molecule has 0 saturated heterocycles. The van der Waals surface area contributed by atoms with E-state index in [1.165, 1.54) is 0 Å². The fourth-order valence-electron chi connectivity index (χ4n) is 1.62. The van der Waals surface area contributed by atoms with E-state index in [0.717, 1.165) is 21.4 Å².